The van der Waals surface area contributed by atoms with E-state index in [4.69, 9.17) is 0 Å². The number of rotatable bonds is 6. The molecular formula is C28H27N3O3. The number of H-pyrrole nitrogens is 1. The number of benzene rings is 3. The van der Waals surface area contributed by atoms with Gasteiger partial charge >= 0.3 is 0 Å². The standard InChI is InChI=1S/C28H27N3O3/c1-28(2,3)26(33)27(34)29-21-11-7-10-19(16-21)25(32)20-13-14-22-23(30-31-24(22)17-20)15-12-18-8-5-4-6-9-18/h4-17,26,33H,1-3H3,(H,29,34)(H,30,31)/b15-12+/t26-/m0/s1. The minimum Gasteiger partial charge on any atom is -0.383 e. The number of nitrogens with one attached hydrogen (secondary N) is 2. The lowest BCUT2D eigenvalue weighted by atomic mass is 9.88. The van der Waals surface area contributed by atoms with Gasteiger partial charge in [-0.2, -0.15) is 5.10 Å². The Kier molecular flexibility index (Phi) is 6.43. The number of amides is 1. The molecule has 4 rings (SSSR count). The van der Waals surface area contributed by atoms with E-state index in [1.807, 2.05) is 48.6 Å². The molecule has 0 aliphatic heterocycles. The predicted molar refractivity (Wildman–Crippen MR) is 135 cm³/mol. The van der Waals surface area contributed by atoms with Crippen LogP contribution in [0.25, 0.3) is 23.1 Å². The summed E-state index contributed by atoms with van der Waals surface area (Å²) in [4.78, 5) is 25.5. The van der Waals surface area contributed by atoms with Gasteiger partial charge in [0.05, 0.1) is 11.2 Å². The Labute approximate surface area is 198 Å². The molecule has 0 saturated heterocycles. The van der Waals surface area contributed by atoms with Gasteiger partial charge in [0.15, 0.2) is 5.78 Å². The highest BCUT2D eigenvalue weighted by Gasteiger charge is 2.29. The van der Waals surface area contributed by atoms with E-state index in [0.717, 1.165) is 22.2 Å². The number of nitrogens with zero attached hydrogens (tertiary/aromatic N) is 1. The van der Waals surface area contributed by atoms with Gasteiger partial charge in [-0.3, -0.25) is 14.7 Å². The Morgan fingerprint density at radius 2 is 1.68 bits per heavy atom. The average Bonchev–Trinajstić information content (AvgIpc) is 3.24. The smallest absolute Gasteiger partial charge is 0.253 e. The van der Waals surface area contributed by atoms with Crippen molar-refractivity contribution in [3.8, 4) is 0 Å². The molecule has 6 nitrogen and oxygen atoms in total. The number of ketones is 1. The van der Waals surface area contributed by atoms with E-state index in [2.05, 4.69) is 15.5 Å². The average molecular weight is 454 g/mol. The zero-order valence-corrected chi connectivity index (χ0v) is 19.4. The van der Waals surface area contributed by atoms with Gasteiger partial charge in [0, 0.05) is 22.2 Å². The summed E-state index contributed by atoms with van der Waals surface area (Å²) in [6.07, 6.45) is 2.76. The van der Waals surface area contributed by atoms with Crippen molar-refractivity contribution in [1.29, 1.82) is 0 Å². The minimum atomic E-state index is -1.17. The molecule has 3 aromatic carbocycles. The van der Waals surface area contributed by atoms with E-state index < -0.39 is 17.4 Å². The van der Waals surface area contributed by atoms with Crippen molar-refractivity contribution >= 4 is 40.4 Å². The van der Waals surface area contributed by atoms with Crippen molar-refractivity contribution in [2.75, 3.05) is 5.32 Å². The third-order valence-corrected chi connectivity index (χ3v) is 5.55. The van der Waals surface area contributed by atoms with Crippen LogP contribution in [0.5, 0.6) is 0 Å². The fourth-order valence-electron chi connectivity index (χ4n) is 3.56. The van der Waals surface area contributed by atoms with E-state index in [-0.39, 0.29) is 5.78 Å². The molecule has 3 N–H and O–H groups in total. The molecule has 6 heteroatoms. The molecular weight excluding hydrogens is 426 g/mol. The number of aliphatic hydroxyl groups excluding tert-OH is 1. The number of aromatic nitrogens is 2. The molecule has 34 heavy (non-hydrogen) atoms. The number of aliphatic hydroxyl groups is 1. The highest BCUT2D eigenvalue weighted by atomic mass is 16.3. The Morgan fingerprint density at radius 1 is 0.941 bits per heavy atom. The van der Waals surface area contributed by atoms with Crippen LogP contribution >= 0.6 is 0 Å². The summed E-state index contributed by atoms with van der Waals surface area (Å²) in [5, 5.41) is 21.2. The van der Waals surface area contributed by atoms with Gasteiger partial charge in [-0.25, -0.2) is 0 Å². The molecule has 0 unspecified atom stereocenters. The van der Waals surface area contributed by atoms with Crippen LogP contribution in [0.15, 0.2) is 72.8 Å². The predicted octanol–water partition coefficient (Wildman–Crippen LogP) is 5.31. The van der Waals surface area contributed by atoms with E-state index in [1.165, 1.54) is 0 Å². The van der Waals surface area contributed by atoms with Crippen molar-refractivity contribution in [3.63, 3.8) is 0 Å². The zero-order valence-electron chi connectivity index (χ0n) is 19.4. The number of fused-ring (bicyclic) bond motifs is 1. The first-order valence-corrected chi connectivity index (χ1v) is 11.1. The van der Waals surface area contributed by atoms with Crippen LogP contribution in [-0.2, 0) is 4.79 Å². The Bertz CT molecular complexity index is 1360. The molecule has 0 aliphatic rings. The summed E-state index contributed by atoms with van der Waals surface area (Å²) in [5.74, 6) is -0.683. The molecule has 0 saturated carbocycles. The molecule has 1 aromatic heterocycles. The SMILES string of the molecule is CC(C)(C)[C@@H](O)C(=O)Nc1cccc(C(=O)c2ccc3c(/C=C/c4ccccc4)n[nH]c3c2)c1. The van der Waals surface area contributed by atoms with Crippen molar-refractivity contribution in [2.45, 2.75) is 26.9 Å². The topological polar surface area (TPSA) is 95.1 Å². The molecule has 0 spiro atoms. The third-order valence-electron chi connectivity index (χ3n) is 5.55. The zero-order chi connectivity index (χ0) is 24.3. The number of carbonyl (C=O) groups excluding carboxylic acids is 2. The summed E-state index contributed by atoms with van der Waals surface area (Å²) in [7, 11) is 0. The van der Waals surface area contributed by atoms with E-state index >= 15 is 0 Å². The van der Waals surface area contributed by atoms with Gasteiger partial charge in [0.2, 0.25) is 0 Å². The van der Waals surface area contributed by atoms with Crippen LogP contribution in [-0.4, -0.2) is 33.1 Å². The summed E-state index contributed by atoms with van der Waals surface area (Å²) >= 11 is 0. The molecule has 1 amide bonds. The van der Waals surface area contributed by atoms with Gasteiger partial charge in [-0.15, -0.1) is 0 Å². The molecule has 0 bridgehead atoms. The first-order chi connectivity index (χ1) is 16.2. The lowest BCUT2D eigenvalue weighted by Crippen LogP contribution is -2.38. The molecule has 0 fully saturated rings. The van der Waals surface area contributed by atoms with Crippen molar-refractivity contribution in [3.05, 3.63) is 95.2 Å². The van der Waals surface area contributed by atoms with E-state index in [1.54, 1.807) is 57.2 Å². The summed E-state index contributed by atoms with van der Waals surface area (Å²) in [6, 6.07) is 22.1. The molecule has 0 radical (unpaired) electrons. The largest absolute Gasteiger partial charge is 0.383 e. The molecule has 1 heterocycles. The van der Waals surface area contributed by atoms with E-state index in [9.17, 15) is 14.7 Å². The Hall–Kier alpha value is -4.03. The lowest BCUT2D eigenvalue weighted by molar-refractivity contribution is -0.129. The quantitative estimate of drug-likeness (QED) is 0.345. The Balaban J connectivity index is 1.53. The second-order valence-electron chi connectivity index (χ2n) is 9.28. The number of anilines is 1. The second-order valence-corrected chi connectivity index (χ2v) is 9.28. The summed E-state index contributed by atoms with van der Waals surface area (Å²) in [6.45, 7) is 5.35. The Morgan fingerprint density at radius 3 is 2.41 bits per heavy atom. The van der Waals surface area contributed by atoms with Gasteiger partial charge in [0.25, 0.3) is 5.91 Å². The summed E-state index contributed by atoms with van der Waals surface area (Å²) < 4.78 is 0. The second kappa shape index (κ2) is 9.45. The monoisotopic (exact) mass is 453 g/mol. The van der Waals surface area contributed by atoms with Crippen LogP contribution in [0.3, 0.4) is 0 Å². The third kappa shape index (κ3) is 5.13. The van der Waals surface area contributed by atoms with E-state index in [0.29, 0.717) is 16.8 Å². The number of carbonyl (C=O) groups is 2. The number of aromatic amines is 1. The highest BCUT2D eigenvalue weighted by molar-refractivity contribution is 6.11. The fourth-order valence-corrected chi connectivity index (χ4v) is 3.56. The van der Waals surface area contributed by atoms with Gasteiger partial charge in [-0.05, 0) is 41.3 Å². The van der Waals surface area contributed by atoms with Crippen molar-refractivity contribution in [1.82, 2.24) is 10.2 Å². The maximum Gasteiger partial charge on any atom is 0.253 e. The minimum absolute atomic E-state index is 0.176. The summed E-state index contributed by atoms with van der Waals surface area (Å²) in [5.41, 5.74) is 3.43. The van der Waals surface area contributed by atoms with Crippen LogP contribution in [0.4, 0.5) is 5.69 Å². The van der Waals surface area contributed by atoms with Gasteiger partial charge in [0.1, 0.15) is 6.10 Å². The van der Waals surface area contributed by atoms with Crippen LogP contribution < -0.4 is 5.32 Å². The molecule has 1 atom stereocenters. The van der Waals surface area contributed by atoms with Gasteiger partial charge in [-0.1, -0.05) is 75.4 Å². The van der Waals surface area contributed by atoms with Crippen LogP contribution in [0, 0.1) is 5.41 Å². The number of hydrogen-bond acceptors (Lipinski definition) is 4. The number of hydrogen-bond donors (Lipinski definition) is 3. The lowest BCUT2D eigenvalue weighted by Gasteiger charge is -2.24. The maximum atomic E-state index is 13.1. The van der Waals surface area contributed by atoms with Crippen LogP contribution in [0.1, 0.15) is 48.0 Å². The maximum absolute atomic E-state index is 13.1. The van der Waals surface area contributed by atoms with Crippen LogP contribution in [0.2, 0.25) is 0 Å². The van der Waals surface area contributed by atoms with Gasteiger partial charge < -0.3 is 10.4 Å². The first kappa shape index (κ1) is 23.1. The normalized spacial score (nSPS) is 12.7. The first-order valence-electron chi connectivity index (χ1n) is 11.1. The van der Waals surface area contributed by atoms with Crippen molar-refractivity contribution in [2.24, 2.45) is 5.41 Å². The molecule has 4 aromatic rings. The fraction of sp³-hybridized carbons (Fsp3) is 0.179. The molecule has 0 aliphatic carbocycles. The van der Waals surface area contributed by atoms with Crippen molar-refractivity contribution < 1.29 is 14.7 Å². The highest BCUT2D eigenvalue weighted by Crippen LogP contribution is 2.23. The molecule has 172 valence electrons.